The molecule has 0 saturated carbocycles. The fourth-order valence-corrected chi connectivity index (χ4v) is 3.55. The van der Waals surface area contributed by atoms with Crippen LogP contribution in [0.3, 0.4) is 0 Å². The van der Waals surface area contributed by atoms with Crippen molar-refractivity contribution in [3.8, 4) is 11.5 Å². The molecule has 2 aromatic rings. The molecule has 124 valence electrons. The van der Waals surface area contributed by atoms with E-state index in [0.29, 0.717) is 23.2 Å². The van der Waals surface area contributed by atoms with Crippen LogP contribution in [0, 0.1) is 0 Å². The molecule has 0 spiro atoms. The third kappa shape index (κ3) is 3.03. The number of nitrogens with two attached hydrogens (primary N) is 1. The number of piperidine rings is 1. The molecule has 23 heavy (non-hydrogen) atoms. The summed E-state index contributed by atoms with van der Waals surface area (Å²) in [4.78, 5) is 4.56. The van der Waals surface area contributed by atoms with Gasteiger partial charge in [-0.1, -0.05) is 0 Å². The van der Waals surface area contributed by atoms with E-state index in [-0.39, 0.29) is 0 Å². The van der Waals surface area contributed by atoms with Gasteiger partial charge in [0.1, 0.15) is 5.82 Å². The van der Waals surface area contributed by atoms with Gasteiger partial charge in [0.05, 0.1) is 19.6 Å². The molecule has 1 aromatic heterocycles. The second kappa shape index (κ2) is 6.80. The molecule has 1 saturated heterocycles. The van der Waals surface area contributed by atoms with E-state index >= 15 is 0 Å². The highest BCUT2D eigenvalue weighted by Gasteiger charge is 2.21. The smallest absolute Gasteiger partial charge is 0.172 e. The number of pyridine rings is 1. The van der Waals surface area contributed by atoms with Gasteiger partial charge in [-0.05, 0) is 41.9 Å². The van der Waals surface area contributed by atoms with Gasteiger partial charge in [-0.15, -0.1) is 0 Å². The first-order chi connectivity index (χ1) is 11.2. The van der Waals surface area contributed by atoms with Crippen molar-refractivity contribution in [3.63, 3.8) is 0 Å². The zero-order chi connectivity index (χ0) is 16.4. The third-order valence-electron chi connectivity index (χ3n) is 4.16. The maximum Gasteiger partial charge on any atom is 0.172 e. The minimum atomic E-state index is 0.380. The Hall–Kier alpha value is -1.73. The van der Waals surface area contributed by atoms with E-state index in [1.54, 1.807) is 26.5 Å². The van der Waals surface area contributed by atoms with Crippen LogP contribution in [0.15, 0.2) is 16.7 Å². The molecule has 2 heterocycles. The van der Waals surface area contributed by atoms with Crippen molar-refractivity contribution in [2.75, 3.05) is 38.4 Å². The van der Waals surface area contributed by atoms with Crippen LogP contribution < -0.4 is 25.8 Å². The van der Waals surface area contributed by atoms with Crippen LogP contribution in [-0.2, 0) is 0 Å². The van der Waals surface area contributed by atoms with E-state index in [1.165, 1.54) is 0 Å². The number of anilines is 2. The number of ether oxygens (including phenoxy) is 2. The zero-order valence-electron chi connectivity index (χ0n) is 13.3. The summed E-state index contributed by atoms with van der Waals surface area (Å²) in [6, 6.07) is 2.16. The van der Waals surface area contributed by atoms with E-state index in [0.717, 1.165) is 47.0 Å². The molecule has 0 amide bonds. The molecular formula is C16H21BrN4O2. The summed E-state index contributed by atoms with van der Waals surface area (Å²) in [5, 5.41) is 8.63. The molecule has 3 rings (SSSR count). The predicted octanol–water partition coefficient (Wildman–Crippen LogP) is 2.76. The first-order valence-corrected chi connectivity index (χ1v) is 8.41. The van der Waals surface area contributed by atoms with Crippen molar-refractivity contribution in [2.45, 2.75) is 18.9 Å². The summed E-state index contributed by atoms with van der Waals surface area (Å²) in [7, 11) is 3.23. The normalized spacial score (nSPS) is 15.6. The summed E-state index contributed by atoms with van der Waals surface area (Å²) >= 11 is 3.54. The maximum atomic E-state index is 6.23. The molecule has 4 N–H and O–H groups in total. The molecule has 1 aliphatic heterocycles. The number of halogens is 1. The Kier molecular flexibility index (Phi) is 4.77. The molecule has 1 aromatic carbocycles. The van der Waals surface area contributed by atoms with Crippen LogP contribution in [0.1, 0.15) is 12.8 Å². The number of fused-ring (bicyclic) bond motifs is 1. The van der Waals surface area contributed by atoms with Crippen LogP contribution in [0.4, 0.5) is 11.5 Å². The van der Waals surface area contributed by atoms with Crippen LogP contribution in [0.2, 0.25) is 0 Å². The number of methoxy groups -OCH3 is 2. The van der Waals surface area contributed by atoms with E-state index in [9.17, 15) is 0 Å². The molecule has 0 radical (unpaired) electrons. The number of hydrogen-bond acceptors (Lipinski definition) is 6. The Morgan fingerprint density at radius 2 is 2.00 bits per heavy atom. The van der Waals surface area contributed by atoms with Crippen LogP contribution >= 0.6 is 15.9 Å². The van der Waals surface area contributed by atoms with Gasteiger partial charge in [-0.25, -0.2) is 4.98 Å². The van der Waals surface area contributed by atoms with Crippen molar-refractivity contribution in [1.29, 1.82) is 0 Å². The highest BCUT2D eigenvalue weighted by atomic mass is 79.9. The Morgan fingerprint density at radius 3 is 2.65 bits per heavy atom. The first-order valence-electron chi connectivity index (χ1n) is 7.61. The first kappa shape index (κ1) is 16.1. The zero-order valence-corrected chi connectivity index (χ0v) is 14.9. The Bertz CT molecular complexity index is 717. The van der Waals surface area contributed by atoms with Crippen LogP contribution in [0.5, 0.6) is 11.5 Å². The van der Waals surface area contributed by atoms with E-state index in [1.807, 2.05) is 0 Å². The minimum absolute atomic E-state index is 0.380. The van der Waals surface area contributed by atoms with Gasteiger partial charge >= 0.3 is 0 Å². The summed E-state index contributed by atoms with van der Waals surface area (Å²) in [5.74, 6) is 2.02. The van der Waals surface area contributed by atoms with E-state index < -0.39 is 0 Å². The summed E-state index contributed by atoms with van der Waals surface area (Å²) in [6.45, 7) is 2.02. The molecule has 6 nitrogen and oxygen atoms in total. The molecule has 1 aliphatic rings. The molecule has 0 bridgehead atoms. The number of nitrogens with zero attached hydrogens (tertiary/aromatic N) is 1. The van der Waals surface area contributed by atoms with Crippen molar-refractivity contribution in [3.05, 3.63) is 16.7 Å². The molecule has 0 unspecified atom stereocenters. The lowest BCUT2D eigenvalue weighted by molar-refractivity contribution is 0.358. The van der Waals surface area contributed by atoms with E-state index in [4.69, 9.17) is 15.2 Å². The number of aromatic nitrogens is 1. The summed E-state index contributed by atoms with van der Waals surface area (Å²) in [6.07, 6.45) is 3.88. The van der Waals surface area contributed by atoms with Crippen LogP contribution in [0.25, 0.3) is 10.8 Å². The average Bonchev–Trinajstić information content (AvgIpc) is 2.57. The van der Waals surface area contributed by atoms with Gasteiger partial charge in [0.2, 0.25) is 0 Å². The predicted molar refractivity (Wildman–Crippen MR) is 96.5 cm³/mol. The Labute approximate surface area is 143 Å². The van der Waals surface area contributed by atoms with Crippen molar-refractivity contribution < 1.29 is 9.47 Å². The molecule has 7 heteroatoms. The lowest BCUT2D eigenvalue weighted by Gasteiger charge is -2.25. The number of hydrogen-bond donors (Lipinski definition) is 3. The number of rotatable bonds is 4. The number of nitrogen functional groups attached to an aromatic ring is 1. The van der Waals surface area contributed by atoms with E-state index in [2.05, 4.69) is 31.5 Å². The lowest BCUT2D eigenvalue weighted by atomic mass is 10.0. The van der Waals surface area contributed by atoms with Gasteiger partial charge in [-0.2, -0.15) is 0 Å². The van der Waals surface area contributed by atoms with Gasteiger partial charge < -0.3 is 25.8 Å². The highest BCUT2D eigenvalue weighted by Crippen LogP contribution is 2.44. The SMILES string of the molecule is COc1cc(N)c2c(Br)cnc(NC3CCNCC3)c2c1OC. The topological polar surface area (TPSA) is 81.4 Å². The van der Waals surface area contributed by atoms with Crippen LogP contribution in [-0.4, -0.2) is 38.3 Å². The molecular weight excluding hydrogens is 360 g/mol. The maximum absolute atomic E-state index is 6.23. The fraction of sp³-hybridized carbons (Fsp3) is 0.438. The average molecular weight is 381 g/mol. The van der Waals surface area contributed by atoms with Crippen molar-refractivity contribution >= 4 is 38.2 Å². The minimum Gasteiger partial charge on any atom is -0.493 e. The standard InChI is InChI=1S/C16H21BrN4O2/c1-22-12-7-11(18)13-10(17)8-20-16(14(13)15(12)23-2)21-9-3-5-19-6-4-9/h7-9,19H,3-6,18H2,1-2H3,(H,20,21). The summed E-state index contributed by atoms with van der Waals surface area (Å²) in [5.41, 5.74) is 6.85. The summed E-state index contributed by atoms with van der Waals surface area (Å²) < 4.78 is 11.9. The Morgan fingerprint density at radius 1 is 1.26 bits per heavy atom. The molecule has 0 atom stereocenters. The van der Waals surface area contributed by atoms with Crippen molar-refractivity contribution in [2.24, 2.45) is 0 Å². The van der Waals surface area contributed by atoms with Crippen molar-refractivity contribution in [1.82, 2.24) is 10.3 Å². The number of nitrogens with one attached hydrogen (secondary N) is 2. The second-order valence-electron chi connectivity index (χ2n) is 5.57. The Balaban J connectivity index is 2.16. The van der Waals surface area contributed by atoms with Gasteiger partial charge in [0, 0.05) is 33.9 Å². The van der Waals surface area contributed by atoms with Gasteiger partial charge in [-0.3, -0.25) is 0 Å². The molecule has 0 aliphatic carbocycles. The lowest BCUT2D eigenvalue weighted by Crippen LogP contribution is -2.35. The van der Waals surface area contributed by atoms with Gasteiger partial charge in [0.25, 0.3) is 0 Å². The second-order valence-corrected chi connectivity index (χ2v) is 6.43. The monoisotopic (exact) mass is 380 g/mol. The van der Waals surface area contributed by atoms with Gasteiger partial charge in [0.15, 0.2) is 11.5 Å². The number of benzene rings is 1. The quantitative estimate of drug-likeness (QED) is 0.707. The molecule has 1 fully saturated rings. The highest BCUT2D eigenvalue weighted by molar-refractivity contribution is 9.10. The fourth-order valence-electron chi connectivity index (χ4n) is 3.02. The largest absolute Gasteiger partial charge is 0.493 e. The third-order valence-corrected chi connectivity index (χ3v) is 4.76.